The zero-order valence-electron chi connectivity index (χ0n) is 8.98. The summed E-state index contributed by atoms with van der Waals surface area (Å²) in [4.78, 5) is 0. The van der Waals surface area contributed by atoms with Gasteiger partial charge in [-0.05, 0) is 44.4 Å². The van der Waals surface area contributed by atoms with Crippen LogP contribution in [-0.4, -0.2) is 5.54 Å². The molecule has 0 bridgehead atoms. The van der Waals surface area contributed by atoms with Gasteiger partial charge < -0.3 is 5.73 Å². The second kappa shape index (κ2) is 3.19. The smallest absolute Gasteiger partial charge is 0.128 e. The van der Waals surface area contributed by atoms with E-state index in [4.69, 9.17) is 17.3 Å². The highest BCUT2D eigenvalue weighted by molar-refractivity contribution is 6.30. The molecule has 2 rings (SSSR count). The van der Waals surface area contributed by atoms with Crippen molar-refractivity contribution < 1.29 is 4.39 Å². The van der Waals surface area contributed by atoms with Crippen molar-refractivity contribution in [3.8, 4) is 0 Å². The predicted molar refractivity (Wildman–Crippen MR) is 60.6 cm³/mol. The van der Waals surface area contributed by atoms with E-state index in [0.717, 1.165) is 12.8 Å². The second-order valence-electron chi connectivity index (χ2n) is 4.93. The third-order valence-electron chi connectivity index (χ3n) is 3.43. The Morgan fingerprint density at radius 3 is 2.40 bits per heavy atom. The van der Waals surface area contributed by atoms with E-state index in [2.05, 4.69) is 0 Å². The summed E-state index contributed by atoms with van der Waals surface area (Å²) in [7, 11) is 0. The average molecular weight is 228 g/mol. The third kappa shape index (κ3) is 1.66. The first-order valence-corrected chi connectivity index (χ1v) is 5.49. The lowest BCUT2D eigenvalue weighted by Crippen LogP contribution is -2.45. The Kier molecular flexibility index (Phi) is 2.32. The van der Waals surface area contributed by atoms with Crippen LogP contribution in [0, 0.1) is 5.82 Å². The Morgan fingerprint density at radius 1 is 1.40 bits per heavy atom. The van der Waals surface area contributed by atoms with Crippen molar-refractivity contribution in [2.45, 2.75) is 37.6 Å². The molecule has 0 spiro atoms. The molecule has 0 amide bonds. The number of halogens is 2. The maximum Gasteiger partial charge on any atom is 0.128 e. The molecule has 0 unspecified atom stereocenters. The zero-order valence-corrected chi connectivity index (χ0v) is 9.74. The van der Waals surface area contributed by atoms with Gasteiger partial charge in [0, 0.05) is 16.0 Å². The van der Waals surface area contributed by atoms with Crippen LogP contribution in [0.2, 0.25) is 5.02 Å². The Morgan fingerprint density at radius 2 is 2.00 bits per heavy atom. The van der Waals surface area contributed by atoms with Crippen LogP contribution >= 0.6 is 11.6 Å². The molecule has 0 saturated heterocycles. The summed E-state index contributed by atoms with van der Waals surface area (Å²) in [6.07, 6.45) is 1.91. The second-order valence-corrected chi connectivity index (χ2v) is 5.36. The molecule has 0 atom stereocenters. The van der Waals surface area contributed by atoms with Crippen LogP contribution in [0.5, 0.6) is 0 Å². The molecule has 0 aliphatic heterocycles. The Bertz CT molecular complexity index is 391. The minimum Gasteiger partial charge on any atom is -0.325 e. The number of hydrogen-bond acceptors (Lipinski definition) is 1. The summed E-state index contributed by atoms with van der Waals surface area (Å²) in [5.41, 5.74) is 6.24. The van der Waals surface area contributed by atoms with Gasteiger partial charge in [-0.15, -0.1) is 0 Å². The van der Waals surface area contributed by atoms with Gasteiger partial charge in [0.1, 0.15) is 5.82 Å². The van der Waals surface area contributed by atoms with Crippen molar-refractivity contribution in [3.63, 3.8) is 0 Å². The number of nitrogens with two attached hydrogens (primary N) is 1. The van der Waals surface area contributed by atoms with Gasteiger partial charge >= 0.3 is 0 Å². The van der Waals surface area contributed by atoms with Gasteiger partial charge in [0.25, 0.3) is 0 Å². The van der Waals surface area contributed by atoms with E-state index in [0.29, 0.717) is 10.6 Å². The Hall–Kier alpha value is -0.600. The van der Waals surface area contributed by atoms with Gasteiger partial charge in [0.05, 0.1) is 0 Å². The lowest BCUT2D eigenvalue weighted by Gasteiger charge is -2.31. The fourth-order valence-electron chi connectivity index (χ4n) is 2.26. The van der Waals surface area contributed by atoms with Crippen molar-refractivity contribution in [3.05, 3.63) is 34.6 Å². The molecular weight excluding hydrogens is 213 g/mol. The average Bonchev–Trinajstić information content (AvgIpc) is 2.83. The lowest BCUT2D eigenvalue weighted by molar-refractivity contribution is 0.379. The van der Waals surface area contributed by atoms with E-state index in [-0.39, 0.29) is 16.8 Å². The minimum atomic E-state index is -0.387. The molecule has 3 heteroatoms. The molecule has 1 saturated carbocycles. The topological polar surface area (TPSA) is 26.0 Å². The van der Waals surface area contributed by atoms with Gasteiger partial charge in [-0.2, -0.15) is 0 Å². The standard InChI is InChI=1S/C12H15ClFN/c1-11(2,15)12(5-6-12)9-4-3-8(13)7-10(9)14/h3-4,7H,5-6,15H2,1-2H3. The van der Waals surface area contributed by atoms with Crippen LogP contribution in [0.1, 0.15) is 32.3 Å². The van der Waals surface area contributed by atoms with E-state index in [1.807, 2.05) is 13.8 Å². The first-order chi connectivity index (χ1) is 6.87. The largest absolute Gasteiger partial charge is 0.325 e. The summed E-state index contributed by atoms with van der Waals surface area (Å²) in [6.45, 7) is 3.90. The van der Waals surface area contributed by atoms with Crippen LogP contribution in [0.4, 0.5) is 4.39 Å². The van der Waals surface area contributed by atoms with Crippen molar-refractivity contribution in [1.29, 1.82) is 0 Å². The number of rotatable bonds is 2. The highest BCUT2D eigenvalue weighted by Crippen LogP contribution is 2.55. The quantitative estimate of drug-likeness (QED) is 0.825. The van der Waals surface area contributed by atoms with Gasteiger partial charge in [-0.25, -0.2) is 4.39 Å². The SMILES string of the molecule is CC(C)(N)C1(c2ccc(Cl)cc2F)CC1. The van der Waals surface area contributed by atoms with E-state index >= 15 is 0 Å². The van der Waals surface area contributed by atoms with Gasteiger partial charge in [0.2, 0.25) is 0 Å². The molecular formula is C12H15ClFN. The van der Waals surface area contributed by atoms with Crippen LogP contribution in [0.25, 0.3) is 0 Å². The molecule has 15 heavy (non-hydrogen) atoms. The molecule has 1 fully saturated rings. The third-order valence-corrected chi connectivity index (χ3v) is 3.67. The van der Waals surface area contributed by atoms with Crippen molar-refractivity contribution in [1.82, 2.24) is 0 Å². The van der Waals surface area contributed by atoms with E-state index < -0.39 is 0 Å². The zero-order chi connectivity index (χ0) is 11.3. The van der Waals surface area contributed by atoms with E-state index in [1.54, 1.807) is 12.1 Å². The maximum absolute atomic E-state index is 13.8. The van der Waals surface area contributed by atoms with Crippen LogP contribution in [-0.2, 0) is 5.41 Å². The molecule has 1 aliphatic carbocycles. The number of benzene rings is 1. The summed E-state index contributed by atoms with van der Waals surface area (Å²) in [6, 6.07) is 4.85. The molecule has 0 radical (unpaired) electrons. The molecule has 82 valence electrons. The van der Waals surface area contributed by atoms with Crippen LogP contribution < -0.4 is 5.73 Å². The fourth-order valence-corrected chi connectivity index (χ4v) is 2.42. The van der Waals surface area contributed by atoms with Crippen LogP contribution in [0.15, 0.2) is 18.2 Å². The summed E-state index contributed by atoms with van der Waals surface area (Å²) >= 11 is 5.73. The monoisotopic (exact) mass is 227 g/mol. The normalized spacial score (nSPS) is 19.0. The van der Waals surface area contributed by atoms with Crippen LogP contribution in [0.3, 0.4) is 0 Å². The van der Waals surface area contributed by atoms with E-state index in [1.165, 1.54) is 6.07 Å². The van der Waals surface area contributed by atoms with Gasteiger partial charge in [-0.1, -0.05) is 17.7 Å². The molecule has 1 aliphatic rings. The Labute approximate surface area is 94.4 Å². The first-order valence-electron chi connectivity index (χ1n) is 5.11. The van der Waals surface area contributed by atoms with Gasteiger partial charge in [0.15, 0.2) is 0 Å². The van der Waals surface area contributed by atoms with E-state index in [9.17, 15) is 4.39 Å². The highest BCUT2D eigenvalue weighted by atomic mass is 35.5. The summed E-state index contributed by atoms with van der Waals surface area (Å²) in [5.74, 6) is -0.237. The number of hydrogen-bond donors (Lipinski definition) is 1. The minimum absolute atomic E-state index is 0.193. The Balaban J connectivity index is 2.47. The molecule has 2 N–H and O–H groups in total. The fraction of sp³-hybridized carbons (Fsp3) is 0.500. The molecule has 1 nitrogen and oxygen atoms in total. The maximum atomic E-state index is 13.8. The molecule has 0 heterocycles. The lowest BCUT2D eigenvalue weighted by atomic mass is 9.79. The molecule has 0 aromatic heterocycles. The molecule has 1 aromatic carbocycles. The summed E-state index contributed by atoms with van der Waals surface area (Å²) < 4.78 is 13.8. The van der Waals surface area contributed by atoms with Crippen molar-refractivity contribution in [2.24, 2.45) is 5.73 Å². The molecule has 1 aromatic rings. The first kappa shape index (κ1) is 10.9. The highest BCUT2D eigenvalue weighted by Gasteiger charge is 2.54. The van der Waals surface area contributed by atoms with Gasteiger partial charge in [-0.3, -0.25) is 0 Å². The summed E-state index contributed by atoms with van der Waals surface area (Å²) in [5, 5.41) is 0.432. The predicted octanol–water partition coefficient (Wildman–Crippen LogP) is 3.25. The van der Waals surface area contributed by atoms with Crippen molar-refractivity contribution >= 4 is 11.6 Å². The van der Waals surface area contributed by atoms with Crippen molar-refractivity contribution in [2.75, 3.05) is 0 Å².